The van der Waals surface area contributed by atoms with Gasteiger partial charge in [0.1, 0.15) is 5.75 Å². The highest BCUT2D eigenvalue weighted by atomic mass is 35.5. The smallest absolute Gasteiger partial charge is 0.191 e. The van der Waals surface area contributed by atoms with Gasteiger partial charge in [-0.25, -0.2) is 0 Å². The molecule has 0 aliphatic carbocycles. The molecular formula is C21H24ClN3OS. The van der Waals surface area contributed by atoms with Crippen molar-refractivity contribution in [1.29, 1.82) is 0 Å². The summed E-state index contributed by atoms with van der Waals surface area (Å²) in [5, 5.41) is 10.4. The molecule has 0 N–H and O–H groups in total. The van der Waals surface area contributed by atoms with Gasteiger partial charge in [0.15, 0.2) is 17.1 Å². The average molecular weight is 402 g/mol. The largest absolute Gasteiger partial charge is 0.483 e. The van der Waals surface area contributed by atoms with Gasteiger partial charge in [-0.2, -0.15) is 0 Å². The quantitative estimate of drug-likeness (QED) is 0.455. The van der Waals surface area contributed by atoms with Crippen LogP contribution in [0.2, 0.25) is 5.02 Å². The van der Waals surface area contributed by atoms with Crippen molar-refractivity contribution in [3.05, 3.63) is 70.0 Å². The first kappa shape index (κ1) is 19.8. The number of hydrogen-bond acceptors (Lipinski definition) is 4. The van der Waals surface area contributed by atoms with Crippen molar-refractivity contribution in [2.45, 2.75) is 51.3 Å². The van der Waals surface area contributed by atoms with E-state index < -0.39 is 0 Å². The molecule has 0 fully saturated rings. The highest BCUT2D eigenvalue weighted by Crippen LogP contribution is 2.27. The van der Waals surface area contributed by atoms with E-state index in [1.165, 1.54) is 16.7 Å². The second kappa shape index (κ2) is 8.81. The molecule has 142 valence electrons. The lowest BCUT2D eigenvalue weighted by Crippen LogP contribution is -2.12. The molecule has 6 heteroatoms. The Morgan fingerprint density at radius 1 is 1.11 bits per heavy atom. The zero-order valence-electron chi connectivity index (χ0n) is 16.1. The molecule has 0 saturated heterocycles. The standard InChI is InChI=1S/C21H24ClN3OS/c1-5-25-20(16(4)26-19-10-9-14(2)15(3)11-19)23-24-21(25)27-13-17-7-6-8-18(22)12-17/h6-12,16H,5,13H2,1-4H3. The van der Waals surface area contributed by atoms with Crippen LogP contribution in [-0.2, 0) is 12.3 Å². The Kier molecular flexibility index (Phi) is 6.45. The number of halogens is 1. The van der Waals surface area contributed by atoms with Crippen molar-refractivity contribution in [1.82, 2.24) is 14.8 Å². The summed E-state index contributed by atoms with van der Waals surface area (Å²) in [5.74, 6) is 2.49. The number of benzene rings is 2. The van der Waals surface area contributed by atoms with Gasteiger partial charge in [0, 0.05) is 17.3 Å². The molecule has 27 heavy (non-hydrogen) atoms. The number of thioether (sulfide) groups is 1. The van der Waals surface area contributed by atoms with Gasteiger partial charge < -0.3 is 9.30 Å². The van der Waals surface area contributed by atoms with Gasteiger partial charge in [-0.1, -0.05) is 41.6 Å². The first-order valence-electron chi connectivity index (χ1n) is 9.02. The highest BCUT2D eigenvalue weighted by molar-refractivity contribution is 7.98. The molecule has 0 amide bonds. The second-order valence-corrected chi connectivity index (χ2v) is 7.89. The summed E-state index contributed by atoms with van der Waals surface area (Å²) in [4.78, 5) is 0. The number of ether oxygens (including phenoxy) is 1. The van der Waals surface area contributed by atoms with E-state index in [0.717, 1.165) is 34.1 Å². The Hall–Kier alpha value is -1.98. The fourth-order valence-electron chi connectivity index (χ4n) is 2.82. The lowest BCUT2D eigenvalue weighted by molar-refractivity contribution is 0.209. The number of aryl methyl sites for hydroxylation is 2. The fraction of sp³-hybridized carbons (Fsp3) is 0.333. The summed E-state index contributed by atoms with van der Waals surface area (Å²) in [6.07, 6.45) is -0.180. The minimum atomic E-state index is -0.180. The Morgan fingerprint density at radius 3 is 2.63 bits per heavy atom. The lowest BCUT2D eigenvalue weighted by Gasteiger charge is -2.16. The Labute approximate surface area is 169 Å². The minimum absolute atomic E-state index is 0.180. The van der Waals surface area contributed by atoms with Gasteiger partial charge in [-0.05, 0) is 68.7 Å². The zero-order valence-corrected chi connectivity index (χ0v) is 17.6. The van der Waals surface area contributed by atoms with Crippen LogP contribution in [0.25, 0.3) is 0 Å². The SMILES string of the molecule is CCn1c(SCc2cccc(Cl)c2)nnc1C(C)Oc1ccc(C)c(C)c1. The predicted molar refractivity (Wildman–Crippen MR) is 112 cm³/mol. The van der Waals surface area contributed by atoms with Crippen molar-refractivity contribution < 1.29 is 4.74 Å². The highest BCUT2D eigenvalue weighted by Gasteiger charge is 2.19. The third-order valence-corrected chi connectivity index (χ3v) is 5.75. The van der Waals surface area contributed by atoms with E-state index in [0.29, 0.717) is 0 Å². The summed E-state index contributed by atoms with van der Waals surface area (Å²) in [7, 11) is 0. The maximum Gasteiger partial charge on any atom is 0.191 e. The van der Waals surface area contributed by atoms with Gasteiger partial charge >= 0.3 is 0 Å². The van der Waals surface area contributed by atoms with Crippen LogP contribution in [-0.4, -0.2) is 14.8 Å². The molecule has 0 radical (unpaired) electrons. The average Bonchev–Trinajstić information content (AvgIpc) is 3.06. The molecule has 1 atom stereocenters. The molecule has 0 spiro atoms. The molecule has 0 saturated carbocycles. The molecule has 0 aliphatic heterocycles. The summed E-state index contributed by atoms with van der Waals surface area (Å²) in [6, 6.07) is 14.0. The fourth-order valence-corrected chi connectivity index (χ4v) is 3.99. The van der Waals surface area contributed by atoms with Crippen molar-refractivity contribution in [2.75, 3.05) is 0 Å². The Balaban J connectivity index is 1.73. The van der Waals surface area contributed by atoms with Gasteiger partial charge in [-0.15, -0.1) is 10.2 Å². The van der Waals surface area contributed by atoms with E-state index in [1.54, 1.807) is 11.8 Å². The van der Waals surface area contributed by atoms with Gasteiger partial charge in [-0.3, -0.25) is 0 Å². The van der Waals surface area contributed by atoms with Crippen LogP contribution in [0.15, 0.2) is 47.6 Å². The molecule has 3 rings (SSSR count). The monoisotopic (exact) mass is 401 g/mol. The Bertz CT molecular complexity index is 926. The summed E-state index contributed by atoms with van der Waals surface area (Å²) in [6.45, 7) is 9.09. The van der Waals surface area contributed by atoms with Crippen LogP contribution in [0, 0.1) is 13.8 Å². The number of aromatic nitrogens is 3. The van der Waals surface area contributed by atoms with Crippen LogP contribution < -0.4 is 4.74 Å². The van der Waals surface area contributed by atoms with Crippen LogP contribution in [0.4, 0.5) is 0 Å². The molecule has 0 bridgehead atoms. The predicted octanol–water partition coefficient (Wildman–Crippen LogP) is 6.00. The molecule has 4 nitrogen and oxygen atoms in total. The first-order chi connectivity index (χ1) is 13.0. The molecular weight excluding hydrogens is 378 g/mol. The molecule has 1 aromatic heterocycles. The van der Waals surface area contributed by atoms with Gasteiger partial charge in [0.05, 0.1) is 0 Å². The first-order valence-corrected chi connectivity index (χ1v) is 10.4. The summed E-state index contributed by atoms with van der Waals surface area (Å²) >= 11 is 7.73. The molecule has 3 aromatic rings. The van der Waals surface area contributed by atoms with Gasteiger partial charge in [0.2, 0.25) is 0 Å². The number of hydrogen-bond donors (Lipinski definition) is 0. The van der Waals surface area contributed by atoms with Crippen molar-refractivity contribution >= 4 is 23.4 Å². The van der Waals surface area contributed by atoms with Gasteiger partial charge in [0.25, 0.3) is 0 Å². The van der Waals surface area contributed by atoms with E-state index in [4.69, 9.17) is 16.3 Å². The molecule has 1 unspecified atom stereocenters. The lowest BCUT2D eigenvalue weighted by atomic mass is 10.1. The molecule has 2 aromatic carbocycles. The number of nitrogens with zero attached hydrogens (tertiary/aromatic N) is 3. The Morgan fingerprint density at radius 2 is 1.93 bits per heavy atom. The van der Waals surface area contributed by atoms with Crippen molar-refractivity contribution in [2.24, 2.45) is 0 Å². The van der Waals surface area contributed by atoms with Crippen LogP contribution in [0.1, 0.15) is 42.5 Å². The van der Waals surface area contributed by atoms with Crippen LogP contribution in [0.3, 0.4) is 0 Å². The topological polar surface area (TPSA) is 39.9 Å². The zero-order chi connectivity index (χ0) is 19.4. The minimum Gasteiger partial charge on any atom is -0.483 e. The third-order valence-electron chi connectivity index (χ3n) is 4.47. The van der Waals surface area contributed by atoms with E-state index in [2.05, 4.69) is 53.7 Å². The normalized spacial score (nSPS) is 12.2. The van der Waals surface area contributed by atoms with E-state index >= 15 is 0 Å². The van der Waals surface area contributed by atoms with Crippen molar-refractivity contribution in [3.63, 3.8) is 0 Å². The van der Waals surface area contributed by atoms with Crippen LogP contribution in [0.5, 0.6) is 5.75 Å². The molecule has 1 heterocycles. The summed E-state index contributed by atoms with van der Waals surface area (Å²) in [5.41, 5.74) is 3.64. The molecule has 0 aliphatic rings. The van der Waals surface area contributed by atoms with E-state index in [-0.39, 0.29) is 6.10 Å². The summed E-state index contributed by atoms with van der Waals surface area (Å²) < 4.78 is 8.23. The second-order valence-electron chi connectivity index (χ2n) is 6.51. The number of rotatable bonds is 7. The maximum absolute atomic E-state index is 6.12. The van der Waals surface area contributed by atoms with Crippen LogP contribution >= 0.6 is 23.4 Å². The van der Waals surface area contributed by atoms with Crippen molar-refractivity contribution in [3.8, 4) is 5.75 Å². The van der Waals surface area contributed by atoms with E-state index in [1.807, 2.05) is 31.2 Å². The third kappa shape index (κ3) is 4.85. The maximum atomic E-state index is 6.12. The van der Waals surface area contributed by atoms with E-state index in [9.17, 15) is 0 Å².